The predicted octanol–water partition coefficient (Wildman–Crippen LogP) is 3.08. The van der Waals surface area contributed by atoms with Gasteiger partial charge in [0.1, 0.15) is 18.0 Å². The zero-order chi connectivity index (χ0) is 15.0. The van der Waals surface area contributed by atoms with Crippen molar-refractivity contribution < 1.29 is 4.39 Å². The summed E-state index contributed by atoms with van der Waals surface area (Å²) < 4.78 is 15.1. The first kappa shape index (κ1) is 13.5. The quantitative estimate of drug-likeness (QED) is 0.803. The van der Waals surface area contributed by atoms with Gasteiger partial charge in [-0.15, -0.1) is 0 Å². The lowest BCUT2D eigenvalue weighted by Gasteiger charge is -2.09. The molecule has 6 heteroatoms. The zero-order valence-corrected chi connectivity index (χ0v) is 12.1. The standard InChI is InChI=1S/C15H16FN5/c1-9(2)19-14-13-10(3)20-21(15(13)18-8-17-14)12-6-4-5-11(16)7-12/h4-9H,1-3H3,(H,17,18,19). The van der Waals surface area contributed by atoms with E-state index >= 15 is 0 Å². The van der Waals surface area contributed by atoms with Crippen molar-refractivity contribution in [1.82, 2.24) is 19.7 Å². The molecule has 3 aromatic rings. The topological polar surface area (TPSA) is 55.6 Å². The normalized spacial score (nSPS) is 11.3. The number of aryl methyl sites for hydroxylation is 1. The lowest BCUT2D eigenvalue weighted by Crippen LogP contribution is -2.11. The van der Waals surface area contributed by atoms with Crippen molar-refractivity contribution in [3.63, 3.8) is 0 Å². The molecule has 0 aliphatic rings. The SMILES string of the molecule is Cc1nn(-c2cccc(F)c2)c2ncnc(NC(C)C)c12. The molecular formula is C15H16FN5. The van der Waals surface area contributed by atoms with Gasteiger partial charge in [-0.2, -0.15) is 5.10 Å². The smallest absolute Gasteiger partial charge is 0.168 e. The molecule has 2 aromatic heterocycles. The van der Waals surface area contributed by atoms with E-state index in [4.69, 9.17) is 0 Å². The second-order valence-electron chi connectivity index (χ2n) is 5.20. The van der Waals surface area contributed by atoms with Crippen LogP contribution in [0.3, 0.4) is 0 Å². The van der Waals surface area contributed by atoms with Crippen molar-refractivity contribution in [2.45, 2.75) is 26.8 Å². The minimum Gasteiger partial charge on any atom is -0.367 e. The van der Waals surface area contributed by atoms with Crippen molar-refractivity contribution in [3.8, 4) is 5.69 Å². The molecular weight excluding hydrogens is 269 g/mol. The number of fused-ring (bicyclic) bond motifs is 1. The van der Waals surface area contributed by atoms with E-state index in [0.717, 1.165) is 16.9 Å². The Labute approximate surface area is 121 Å². The Balaban J connectivity index is 2.22. The fourth-order valence-electron chi connectivity index (χ4n) is 2.29. The van der Waals surface area contributed by atoms with Gasteiger partial charge in [-0.1, -0.05) is 6.07 Å². The maximum atomic E-state index is 13.4. The summed E-state index contributed by atoms with van der Waals surface area (Å²) in [5, 5.41) is 8.62. The molecule has 0 aliphatic carbocycles. The second-order valence-corrected chi connectivity index (χ2v) is 5.20. The van der Waals surface area contributed by atoms with Gasteiger partial charge in [-0.05, 0) is 39.0 Å². The molecule has 0 atom stereocenters. The lowest BCUT2D eigenvalue weighted by atomic mass is 10.2. The van der Waals surface area contributed by atoms with E-state index in [1.54, 1.807) is 16.8 Å². The average Bonchev–Trinajstić information content (AvgIpc) is 2.77. The van der Waals surface area contributed by atoms with Crippen molar-refractivity contribution in [1.29, 1.82) is 0 Å². The summed E-state index contributed by atoms with van der Waals surface area (Å²) in [6.07, 6.45) is 1.49. The number of benzene rings is 1. The number of anilines is 1. The molecule has 2 heterocycles. The van der Waals surface area contributed by atoms with E-state index in [0.29, 0.717) is 11.3 Å². The summed E-state index contributed by atoms with van der Waals surface area (Å²) in [6, 6.07) is 6.54. The first-order valence-electron chi connectivity index (χ1n) is 6.79. The number of hydrogen-bond donors (Lipinski definition) is 1. The fourth-order valence-corrected chi connectivity index (χ4v) is 2.29. The maximum absolute atomic E-state index is 13.4. The highest BCUT2D eigenvalue weighted by Gasteiger charge is 2.15. The van der Waals surface area contributed by atoms with Gasteiger partial charge in [-0.3, -0.25) is 0 Å². The van der Waals surface area contributed by atoms with Gasteiger partial charge in [0.05, 0.1) is 16.8 Å². The Bertz CT molecular complexity index is 794. The van der Waals surface area contributed by atoms with Gasteiger partial charge in [0.25, 0.3) is 0 Å². The molecule has 0 amide bonds. The maximum Gasteiger partial charge on any atom is 0.168 e. The summed E-state index contributed by atoms with van der Waals surface area (Å²) in [5.74, 6) is 0.443. The second kappa shape index (κ2) is 5.12. The third-order valence-electron chi connectivity index (χ3n) is 3.12. The van der Waals surface area contributed by atoms with Gasteiger partial charge in [0.15, 0.2) is 5.65 Å². The molecule has 0 saturated carbocycles. The number of hydrogen-bond acceptors (Lipinski definition) is 4. The molecule has 1 aromatic carbocycles. The van der Waals surface area contributed by atoms with Crippen LogP contribution in [-0.2, 0) is 0 Å². The summed E-state index contributed by atoms with van der Waals surface area (Å²) >= 11 is 0. The van der Waals surface area contributed by atoms with Crippen LogP contribution >= 0.6 is 0 Å². The monoisotopic (exact) mass is 285 g/mol. The molecule has 0 spiro atoms. The van der Waals surface area contributed by atoms with Crippen molar-refractivity contribution in [3.05, 3.63) is 42.1 Å². The number of rotatable bonds is 3. The number of nitrogens with one attached hydrogen (secondary N) is 1. The van der Waals surface area contributed by atoms with Crippen LogP contribution in [0.4, 0.5) is 10.2 Å². The molecule has 0 radical (unpaired) electrons. The van der Waals surface area contributed by atoms with E-state index in [1.807, 2.05) is 20.8 Å². The Kier molecular flexibility index (Phi) is 3.29. The summed E-state index contributed by atoms with van der Waals surface area (Å²) in [7, 11) is 0. The van der Waals surface area contributed by atoms with Gasteiger partial charge in [0.2, 0.25) is 0 Å². The Morgan fingerprint density at radius 3 is 2.76 bits per heavy atom. The minimum absolute atomic E-state index is 0.250. The average molecular weight is 285 g/mol. The summed E-state index contributed by atoms with van der Waals surface area (Å²) in [6.45, 7) is 5.98. The van der Waals surface area contributed by atoms with Crippen molar-refractivity contribution >= 4 is 16.9 Å². The minimum atomic E-state index is -0.302. The Hall–Kier alpha value is -2.50. The fraction of sp³-hybridized carbons (Fsp3) is 0.267. The molecule has 0 saturated heterocycles. The van der Waals surface area contributed by atoms with Gasteiger partial charge < -0.3 is 5.32 Å². The highest BCUT2D eigenvalue weighted by Crippen LogP contribution is 2.25. The summed E-state index contributed by atoms with van der Waals surface area (Å²) in [5.41, 5.74) is 2.11. The van der Waals surface area contributed by atoms with E-state index in [1.165, 1.54) is 18.5 Å². The van der Waals surface area contributed by atoms with Crippen LogP contribution in [0.2, 0.25) is 0 Å². The number of halogens is 1. The summed E-state index contributed by atoms with van der Waals surface area (Å²) in [4.78, 5) is 8.59. The lowest BCUT2D eigenvalue weighted by molar-refractivity contribution is 0.625. The largest absolute Gasteiger partial charge is 0.367 e. The van der Waals surface area contributed by atoms with Crippen molar-refractivity contribution in [2.24, 2.45) is 0 Å². The van der Waals surface area contributed by atoms with Crippen LogP contribution in [0.1, 0.15) is 19.5 Å². The number of nitrogens with zero attached hydrogens (tertiary/aromatic N) is 4. The third kappa shape index (κ3) is 2.44. The highest BCUT2D eigenvalue weighted by molar-refractivity contribution is 5.90. The first-order valence-corrected chi connectivity index (χ1v) is 6.79. The molecule has 0 fully saturated rings. The molecule has 0 bridgehead atoms. The van der Waals surface area contributed by atoms with E-state index < -0.39 is 0 Å². The van der Waals surface area contributed by atoms with Gasteiger partial charge >= 0.3 is 0 Å². The molecule has 0 unspecified atom stereocenters. The van der Waals surface area contributed by atoms with E-state index in [-0.39, 0.29) is 11.9 Å². The Morgan fingerprint density at radius 2 is 2.05 bits per heavy atom. The van der Waals surface area contributed by atoms with Gasteiger partial charge in [0, 0.05) is 6.04 Å². The van der Waals surface area contributed by atoms with Crippen molar-refractivity contribution in [2.75, 3.05) is 5.32 Å². The highest BCUT2D eigenvalue weighted by atomic mass is 19.1. The molecule has 21 heavy (non-hydrogen) atoms. The van der Waals surface area contributed by atoms with Gasteiger partial charge in [-0.25, -0.2) is 19.0 Å². The number of aromatic nitrogens is 4. The zero-order valence-electron chi connectivity index (χ0n) is 12.1. The predicted molar refractivity (Wildman–Crippen MR) is 80.1 cm³/mol. The van der Waals surface area contributed by atoms with Crippen LogP contribution in [0, 0.1) is 12.7 Å². The van der Waals surface area contributed by atoms with Crippen LogP contribution < -0.4 is 5.32 Å². The van der Waals surface area contributed by atoms with E-state index in [9.17, 15) is 4.39 Å². The van der Waals surface area contributed by atoms with Crippen LogP contribution in [0.25, 0.3) is 16.7 Å². The molecule has 3 rings (SSSR count). The van der Waals surface area contributed by atoms with Crippen LogP contribution in [-0.4, -0.2) is 25.8 Å². The molecule has 5 nitrogen and oxygen atoms in total. The van der Waals surface area contributed by atoms with Crippen LogP contribution in [0.5, 0.6) is 0 Å². The molecule has 108 valence electrons. The first-order chi connectivity index (χ1) is 10.1. The molecule has 0 aliphatic heterocycles. The molecule has 1 N–H and O–H groups in total. The third-order valence-corrected chi connectivity index (χ3v) is 3.12. The Morgan fingerprint density at radius 1 is 1.24 bits per heavy atom. The van der Waals surface area contributed by atoms with Crippen LogP contribution in [0.15, 0.2) is 30.6 Å². The van der Waals surface area contributed by atoms with E-state index in [2.05, 4.69) is 20.4 Å².